The minimum Gasteiger partial charge on any atom is -0.431 e. The van der Waals surface area contributed by atoms with Crippen LogP contribution >= 0.6 is 0 Å². The Hall–Kier alpha value is -15.3. The number of para-hydroxylation sites is 1. The number of dihydropyridines is 1. The highest BCUT2D eigenvalue weighted by molar-refractivity contribution is 6.00. The molecule has 15 rings (SSSR count). The number of hydrogen-bond acceptors (Lipinski definition) is 41. The average molecular weight is 2050 g/mol. The fourth-order valence-corrected chi connectivity index (χ4v) is 12.2. The number of ether oxygens (including phenoxy) is 8. The molecule has 7 aromatic rings. The molecule has 144 heavy (non-hydrogen) atoms. The molecule has 3 aromatic carbocycles. The molecule has 0 radical (unpaired) electrons. The number of nitrogens with zero attached hydrogens (tertiary/aromatic N) is 15. The number of carbonyl (C=O) groups excluding carboxylic acids is 10. The zero-order valence-electron chi connectivity index (χ0n) is 75.6. The number of halogens is 5. The summed E-state index contributed by atoms with van der Waals surface area (Å²) >= 11 is 0. The summed E-state index contributed by atoms with van der Waals surface area (Å²) in [5.74, 6) is -12.1. The van der Waals surface area contributed by atoms with Crippen molar-refractivity contribution in [2.75, 3.05) is 17.1 Å². The first-order chi connectivity index (χ1) is 64.0. The summed E-state index contributed by atoms with van der Waals surface area (Å²) in [7, 11) is 0. The van der Waals surface area contributed by atoms with Gasteiger partial charge in [-0.25, -0.2) is 56.5 Å². The number of anilines is 2. The Morgan fingerprint density at radius 2 is 0.986 bits per heavy atom. The highest BCUT2D eigenvalue weighted by Gasteiger charge is 2.56. The maximum absolute atomic E-state index is 13.0. The molecule has 9 heterocycles. The van der Waals surface area contributed by atoms with Crippen LogP contribution < -0.4 is 57.5 Å². The number of allylic oxidation sites excluding steroid dienone is 3. The molecule has 1 saturated carbocycles. The second-order valence-electron chi connectivity index (χ2n) is 31.2. The normalized spacial score (nSPS) is 16.1. The van der Waals surface area contributed by atoms with Crippen molar-refractivity contribution in [3.05, 3.63) is 198 Å². The van der Waals surface area contributed by atoms with Gasteiger partial charge in [-0.1, -0.05) is 146 Å². The van der Waals surface area contributed by atoms with Gasteiger partial charge in [0.1, 0.15) is 11.6 Å². The Morgan fingerprint density at radius 1 is 0.486 bits per heavy atom. The largest absolute Gasteiger partial charge is 0.535 e. The number of pyridine rings is 2. The predicted octanol–water partition coefficient (Wildman–Crippen LogP) is 16.8. The number of amides is 2. The Balaban J connectivity index is 0. The van der Waals surface area contributed by atoms with Gasteiger partial charge in [0, 0.05) is 42.3 Å². The molecular formula is C93H135F5N18O28. The first-order valence-corrected chi connectivity index (χ1v) is 41.8. The van der Waals surface area contributed by atoms with Crippen LogP contribution in [0.1, 0.15) is 224 Å². The second kappa shape index (κ2) is 62.1. The van der Waals surface area contributed by atoms with Gasteiger partial charge in [-0.3, -0.25) is 53.2 Å². The van der Waals surface area contributed by atoms with E-state index >= 15 is 0 Å². The van der Waals surface area contributed by atoms with Crippen molar-refractivity contribution >= 4 is 89.5 Å². The van der Waals surface area contributed by atoms with Gasteiger partial charge in [0.2, 0.25) is 41.0 Å². The first-order valence-electron chi connectivity index (χ1n) is 41.8. The number of aromatic nitrogens is 8. The van der Waals surface area contributed by atoms with Gasteiger partial charge in [-0.05, 0) is 215 Å². The van der Waals surface area contributed by atoms with Crippen LogP contribution in [0.3, 0.4) is 0 Å². The number of fused-ring (bicyclic) bond motifs is 10. The molecule has 0 spiro atoms. The van der Waals surface area contributed by atoms with Crippen LogP contribution in [-0.4, -0.2) is 184 Å². The van der Waals surface area contributed by atoms with Crippen LogP contribution in [0.5, 0.6) is 5.75 Å². The lowest BCUT2D eigenvalue weighted by Crippen LogP contribution is -2.50. The minimum atomic E-state index is -2.34. The van der Waals surface area contributed by atoms with Crippen molar-refractivity contribution in [2.24, 2.45) is 44.9 Å². The average Bonchev–Trinajstić information content (AvgIpc) is 1.58. The zero-order valence-corrected chi connectivity index (χ0v) is 75.6. The standard InChI is InChI=1S/C13H17NO4.C11H15N3O4.C11H13N3O4.C11H11N3O4.C10H7F5O3.C10H13N3O2.C9H12N4O3.C9H11NO4.9CH4/c1-7(2)17-13(16)18-14-6-10-8-3-4-9(5-8)11(10)12(14)15;3*1-7(2)17-11(16)18-14-10(15)8-5-3-4-6-9(8)12-13-14;1-3(2)17-10(16)18-9-7(14)5(12)4(11)6(13)8(9)15;1-7(2)10(14)15-13-9-8(6-12-13)4-3-5-11-9;1-6(2)15-9(14)16-13-8-7(11-12-13)4-3-5-10-8;1-7(2)13-9(12)14-10-6-4-3-5-8(10)11;;;;;;;;;/h3-4,7-11H,5-6H2,1-2H3;7H,3-6H2,1-2H3;3-7,12-13H,1-2H3;3-7H,1-2H3;3H,1-2H3;3-5,7,12H,6H2,1-2H3;3-8H,1-2H3;3-7H,1-2H3;9*1H4. The molecule has 800 valence electrons. The summed E-state index contributed by atoms with van der Waals surface area (Å²) in [6.07, 6.45) is 7.11. The van der Waals surface area contributed by atoms with Crippen molar-refractivity contribution in [3.63, 3.8) is 0 Å². The highest BCUT2D eigenvalue weighted by Crippen LogP contribution is 2.52. The molecule has 51 heteroatoms. The number of nitrogens with one attached hydrogen (secondary N) is 3. The number of hydrogen-bond donors (Lipinski definition) is 3. The van der Waals surface area contributed by atoms with E-state index in [2.05, 4.69) is 93.4 Å². The van der Waals surface area contributed by atoms with Crippen LogP contribution in [-0.2, 0) is 81.5 Å². The van der Waals surface area contributed by atoms with E-state index in [4.69, 9.17) is 47.9 Å². The molecule has 2 amide bonds. The highest BCUT2D eigenvalue weighted by atomic mass is 19.2. The molecule has 8 aliphatic rings. The third-order valence-corrected chi connectivity index (χ3v) is 17.9. The van der Waals surface area contributed by atoms with Crippen LogP contribution in [0.4, 0.5) is 67.0 Å². The number of rotatable bonds is 16. The number of carbonyl (C=O) groups is 10. The smallest absolute Gasteiger partial charge is 0.431 e. The lowest BCUT2D eigenvalue weighted by atomic mass is 9.86. The van der Waals surface area contributed by atoms with Crippen molar-refractivity contribution in [1.82, 2.24) is 66.4 Å². The summed E-state index contributed by atoms with van der Waals surface area (Å²) in [5, 5.41) is 26.9. The van der Waals surface area contributed by atoms with Gasteiger partial charge in [0.15, 0.2) is 5.82 Å². The Labute approximate surface area is 831 Å². The molecule has 2 fully saturated rings. The SMILES string of the molecule is C.C.C.C.C.C.C.C.C.CC(C)C(=O)ON1NCc2cccnc21.CC(C)OC(=O)ON1CC2C3C=CC(C3)C2C1=O.CC(C)OC(=O)ON1N=NC2C=CC=NC21.CC(C)OC(=O)ON1NNc2ccccc2C1=O.CC(C)OC(=O)Oc1c(F)c(F)c(F)c(F)c1F.CC(C)OC(=O)On1ccccc1=O.CC(C)OC(=O)On1nnc2c(c1=O)CCCC2.CC(C)OC(=O)On1nnc2ccccc2c1=O. The Bertz CT molecular complexity index is 5660. The van der Waals surface area contributed by atoms with E-state index < -0.39 is 113 Å². The van der Waals surface area contributed by atoms with Gasteiger partial charge >= 0.3 is 66.1 Å². The molecule has 1 saturated heterocycles. The Kier molecular flexibility index (Phi) is 56.3. The summed E-state index contributed by atoms with van der Waals surface area (Å²) in [6, 6.07) is 21.5. The van der Waals surface area contributed by atoms with Gasteiger partial charge in [0.05, 0.1) is 83.4 Å². The van der Waals surface area contributed by atoms with Crippen LogP contribution in [0.25, 0.3) is 10.9 Å². The fraction of sp³-hybridized carbons (Fsp3) is 0.495. The topological polar surface area (TPSA) is 526 Å². The van der Waals surface area contributed by atoms with E-state index in [9.17, 15) is 84.3 Å². The first kappa shape index (κ1) is 131. The molecule has 46 nitrogen and oxygen atoms in total. The number of aryl methyl sites for hydroxylation is 1. The lowest BCUT2D eigenvalue weighted by Gasteiger charge is -2.27. The van der Waals surface area contributed by atoms with Crippen molar-refractivity contribution in [2.45, 2.75) is 271 Å². The molecular weight excluding hydrogens is 1910 g/mol. The maximum atomic E-state index is 13.0. The fourth-order valence-electron chi connectivity index (χ4n) is 12.2. The minimum absolute atomic E-state index is 0. The van der Waals surface area contributed by atoms with E-state index in [1.165, 1.54) is 36.3 Å². The van der Waals surface area contributed by atoms with Crippen molar-refractivity contribution < 1.29 is 142 Å². The van der Waals surface area contributed by atoms with Gasteiger partial charge in [-0.2, -0.15) is 24.4 Å². The molecule has 4 aromatic heterocycles. The van der Waals surface area contributed by atoms with Crippen molar-refractivity contribution in [3.8, 4) is 5.75 Å². The lowest BCUT2D eigenvalue weighted by molar-refractivity contribution is -0.169. The quantitative estimate of drug-likeness (QED) is 0.0118. The van der Waals surface area contributed by atoms with Gasteiger partial charge < -0.3 is 53.0 Å². The summed E-state index contributed by atoms with van der Waals surface area (Å²) in [4.78, 5) is 192. The number of benzene rings is 3. The van der Waals surface area contributed by atoms with E-state index in [0.717, 1.165) is 41.1 Å². The molecule has 6 unspecified atom stereocenters. The third-order valence-electron chi connectivity index (χ3n) is 17.9. The van der Waals surface area contributed by atoms with E-state index in [1.807, 2.05) is 18.2 Å². The van der Waals surface area contributed by atoms with Crippen LogP contribution in [0, 0.1) is 58.7 Å². The maximum Gasteiger partial charge on any atom is 0.535 e. The predicted molar refractivity (Wildman–Crippen MR) is 514 cm³/mol. The summed E-state index contributed by atoms with van der Waals surface area (Å²) in [6.45, 7) is 27.9. The summed E-state index contributed by atoms with van der Waals surface area (Å²) < 4.78 is 102. The summed E-state index contributed by atoms with van der Waals surface area (Å²) in [5.41, 5.74) is 10.4. The molecule has 6 atom stereocenters. The van der Waals surface area contributed by atoms with E-state index in [1.54, 1.807) is 176 Å². The van der Waals surface area contributed by atoms with Crippen molar-refractivity contribution in [1.29, 1.82) is 0 Å². The van der Waals surface area contributed by atoms with Crippen LogP contribution in [0.2, 0.25) is 0 Å². The Morgan fingerprint density at radius 3 is 1.56 bits per heavy atom. The van der Waals surface area contributed by atoms with Gasteiger partial charge in [-0.15, -0.1) is 25.6 Å². The zero-order chi connectivity index (χ0) is 99.2. The van der Waals surface area contributed by atoms with E-state index in [0.29, 0.717) is 91.4 Å². The molecule has 5 aliphatic heterocycles. The van der Waals surface area contributed by atoms with E-state index in [-0.39, 0.29) is 133 Å². The number of hydroxylamine groups is 4. The number of aliphatic imine (C=N–C) groups is 1. The molecule has 2 bridgehead atoms. The number of hydrazine groups is 3. The molecule has 3 aliphatic carbocycles. The van der Waals surface area contributed by atoms with Crippen LogP contribution in [0.15, 0.2) is 145 Å². The third kappa shape index (κ3) is 38.3. The monoisotopic (exact) mass is 2050 g/mol. The second-order valence-corrected chi connectivity index (χ2v) is 31.2. The van der Waals surface area contributed by atoms with Gasteiger partial charge in [0.25, 0.3) is 11.5 Å². The molecule has 3 N–H and O–H groups in total.